The van der Waals surface area contributed by atoms with Crippen LogP contribution in [0.3, 0.4) is 0 Å². The maximum atomic E-state index is 3.30. The van der Waals surface area contributed by atoms with Gasteiger partial charge in [-0.05, 0) is 0 Å². The van der Waals surface area contributed by atoms with Gasteiger partial charge in [0.25, 0.3) is 0 Å². The summed E-state index contributed by atoms with van der Waals surface area (Å²) in [6, 6.07) is 0. The van der Waals surface area contributed by atoms with E-state index in [2.05, 4.69) is 25.2 Å². The fraction of sp³-hybridized carbons (Fsp3) is 0.556. The van der Waals surface area contributed by atoms with Crippen LogP contribution >= 0.6 is 0 Å². The van der Waals surface area contributed by atoms with Crippen molar-refractivity contribution in [2.45, 2.75) is 32.6 Å². The van der Waals surface area contributed by atoms with Gasteiger partial charge in [-0.15, -0.1) is 6.42 Å². The van der Waals surface area contributed by atoms with E-state index in [1.165, 1.54) is 24.8 Å². The van der Waals surface area contributed by atoms with Crippen LogP contribution in [-0.2, 0) is 0 Å². The summed E-state index contributed by atoms with van der Waals surface area (Å²) in [5.74, 6) is 0. The van der Waals surface area contributed by atoms with E-state index in [0.717, 1.165) is 6.42 Å². The molecule has 0 spiro atoms. The summed E-state index contributed by atoms with van der Waals surface area (Å²) in [5, 5.41) is 0. The van der Waals surface area contributed by atoms with Crippen molar-refractivity contribution in [1.82, 2.24) is 0 Å². The van der Waals surface area contributed by atoms with Gasteiger partial charge in [0, 0.05) is 37.3 Å². The molecule has 0 aromatic rings. The minimum Gasteiger partial charge on any atom is -0.269 e. The van der Waals surface area contributed by atoms with Crippen molar-refractivity contribution >= 4 is 0 Å². The third-order valence-corrected chi connectivity index (χ3v) is 1.57. The molecule has 0 amide bonds. The van der Waals surface area contributed by atoms with E-state index in [-0.39, 0.29) is 37.3 Å². The van der Waals surface area contributed by atoms with Crippen LogP contribution in [0.5, 0.6) is 0 Å². The molecule has 0 radical (unpaired) electrons. The number of allylic oxidation sites excluding steroid dienone is 4. The molecule has 1 aliphatic rings. The predicted molar refractivity (Wildman–Crippen MR) is 40.0 cm³/mol. The molecule has 1 heteroatoms. The molecule has 0 unspecified atom stereocenters. The van der Waals surface area contributed by atoms with Gasteiger partial charge in [0.05, 0.1) is 0 Å². The molecule has 0 aromatic carbocycles. The quantitative estimate of drug-likeness (QED) is 0.701. The third-order valence-electron chi connectivity index (χ3n) is 1.57. The Morgan fingerprint density at radius 3 is 2.90 bits per heavy atom. The van der Waals surface area contributed by atoms with Gasteiger partial charge in [0.2, 0.25) is 0 Å². The molecule has 62 valence electrons. The van der Waals surface area contributed by atoms with Crippen molar-refractivity contribution < 1.29 is 37.3 Å². The van der Waals surface area contributed by atoms with Gasteiger partial charge in [-0.2, -0.15) is 6.08 Å². The summed E-state index contributed by atoms with van der Waals surface area (Å²) in [5.41, 5.74) is 1.41. The third kappa shape index (κ3) is 3.79. The monoisotopic (exact) mass is 287 g/mol. The van der Waals surface area contributed by atoms with Crippen molar-refractivity contribution in [2.24, 2.45) is 0 Å². The topological polar surface area (TPSA) is 0 Å². The zero-order valence-electron chi connectivity index (χ0n) is 6.27. The number of rotatable bonds is 3. The smallest absolute Gasteiger partial charge is 0 e. The molecule has 0 saturated carbocycles. The molecule has 0 fully saturated rings. The number of unbranched alkanes of at least 4 members (excludes halogenated alkanes) is 1. The minimum absolute atomic E-state index is 0. The maximum absolute atomic E-state index is 3.30. The van der Waals surface area contributed by atoms with Crippen LogP contribution in [0.2, 0.25) is 0 Å². The largest absolute Gasteiger partial charge is 0.269 e. The summed E-state index contributed by atoms with van der Waals surface area (Å²) in [6.07, 6.45) is 12.5. The van der Waals surface area contributed by atoms with Crippen LogP contribution in [0, 0.1) is 43.4 Å². The first kappa shape index (κ1) is 10.7. The van der Waals surface area contributed by atoms with E-state index in [1.54, 1.807) is 0 Å². The molecule has 0 aliphatic heterocycles. The van der Waals surface area contributed by atoms with Gasteiger partial charge in [-0.25, -0.2) is 11.6 Å². The van der Waals surface area contributed by atoms with Crippen LogP contribution in [-0.4, -0.2) is 0 Å². The molecular weight excluding hydrogens is 275 g/mol. The second kappa shape index (κ2) is 6.44. The zero-order valence-corrected chi connectivity index (χ0v) is 8.12. The van der Waals surface area contributed by atoms with E-state index in [9.17, 15) is 0 Å². The van der Waals surface area contributed by atoms with Crippen molar-refractivity contribution in [2.75, 3.05) is 0 Å². The summed E-state index contributed by atoms with van der Waals surface area (Å²) in [7, 11) is 0. The van der Waals surface area contributed by atoms with Crippen LogP contribution in [0.1, 0.15) is 32.6 Å². The first-order valence-corrected chi connectivity index (χ1v) is 3.69. The van der Waals surface area contributed by atoms with Crippen LogP contribution in [0.15, 0.2) is 17.7 Å². The molecule has 0 saturated heterocycles. The molecule has 1 aliphatic carbocycles. The fourth-order valence-electron chi connectivity index (χ4n) is 0.989. The Morgan fingerprint density at radius 1 is 1.60 bits per heavy atom. The first-order valence-electron chi connectivity index (χ1n) is 3.69. The van der Waals surface area contributed by atoms with Crippen molar-refractivity contribution in [3.05, 3.63) is 23.8 Å². The van der Waals surface area contributed by atoms with Crippen molar-refractivity contribution in [3.8, 4) is 0 Å². The average molecular weight is 288 g/mol. The SMILES string of the molecule is CCCCC1=[C-]CC=C1.[Er]. The summed E-state index contributed by atoms with van der Waals surface area (Å²) in [4.78, 5) is 0. The van der Waals surface area contributed by atoms with Gasteiger partial charge in [0.15, 0.2) is 0 Å². The van der Waals surface area contributed by atoms with E-state index in [0.29, 0.717) is 0 Å². The van der Waals surface area contributed by atoms with Gasteiger partial charge < -0.3 is 0 Å². The summed E-state index contributed by atoms with van der Waals surface area (Å²) in [6.45, 7) is 2.22. The standard InChI is InChI=1S/C9H13.Er/c1-2-3-6-9-7-4-5-8-9;/h4,7H,2-3,5-6H2,1H3;/q-1;. The van der Waals surface area contributed by atoms with E-state index < -0.39 is 0 Å². The Kier molecular flexibility index (Phi) is 6.91. The Morgan fingerprint density at radius 2 is 2.40 bits per heavy atom. The molecule has 0 N–H and O–H groups in total. The predicted octanol–water partition coefficient (Wildman–Crippen LogP) is 2.87. The molecule has 1 rings (SSSR count). The van der Waals surface area contributed by atoms with Gasteiger partial charge >= 0.3 is 0 Å². The second-order valence-electron chi connectivity index (χ2n) is 2.41. The first-order chi connectivity index (χ1) is 4.43. The maximum Gasteiger partial charge on any atom is 0 e. The average Bonchev–Trinajstić information content (AvgIpc) is 2.34. The van der Waals surface area contributed by atoms with Crippen molar-refractivity contribution in [3.63, 3.8) is 0 Å². The number of hydrogen-bond donors (Lipinski definition) is 0. The Hall–Kier alpha value is 0.727. The Bertz CT molecular complexity index is 134. The Labute approximate surface area is 93.0 Å². The molecule has 10 heavy (non-hydrogen) atoms. The summed E-state index contributed by atoms with van der Waals surface area (Å²) < 4.78 is 0. The Balaban J connectivity index is 0.000000810. The van der Waals surface area contributed by atoms with Gasteiger partial charge in [-0.1, -0.05) is 26.2 Å². The summed E-state index contributed by atoms with van der Waals surface area (Å²) >= 11 is 0. The molecular formula is C9H13Er-. The van der Waals surface area contributed by atoms with Gasteiger partial charge in [0.1, 0.15) is 0 Å². The molecule has 0 heterocycles. The van der Waals surface area contributed by atoms with E-state index in [1.807, 2.05) is 0 Å². The zero-order chi connectivity index (χ0) is 6.53. The second-order valence-corrected chi connectivity index (χ2v) is 2.41. The van der Waals surface area contributed by atoms with Crippen LogP contribution in [0.25, 0.3) is 0 Å². The van der Waals surface area contributed by atoms with E-state index >= 15 is 0 Å². The fourth-order valence-corrected chi connectivity index (χ4v) is 0.989. The van der Waals surface area contributed by atoms with E-state index in [4.69, 9.17) is 0 Å². The van der Waals surface area contributed by atoms with Crippen LogP contribution < -0.4 is 0 Å². The molecule has 0 aromatic heterocycles. The molecule has 0 atom stereocenters. The minimum atomic E-state index is 0. The number of hydrogen-bond acceptors (Lipinski definition) is 0. The normalized spacial score (nSPS) is 14.7. The van der Waals surface area contributed by atoms with Gasteiger partial charge in [-0.3, -0.25) is 6.08 Å². The molecule has 0 bridgehead atoms. The van der Waals surface area contributed by atoms with Crippen LogP contribution in [0.4, 0.5) is 0 Å². The molecule has 0 nitrogen and oxygen atoms in total. The van der Waals surface area contributed by atoms with Crippen molar-refractivity contribution in [1.29, 1.82) is 0 Å².